The monoisotopic (exact) mass is 406 g/mol. The van der Waals surface area contributed by atoms with Gasteiger partial charge in [-0.3, -0.25) is 0 Å². The van der Waals surface area contributed by atoms with E-state index in [-0.39, 0.29) is 4.90 Å². The first kappa shape index (κ1) is 20.3. The van der Waals surface area contributed by atoms with E-state index >= 15 is 0 Å². The minimum Gasteiger partial charge on any atom is -0.496 e. The quantitative estimate of drug-likeness (QED) is 0.734. The Labute approximate surface area is 166 Å². The van der Waals surface area contributed by atoms with E-state index in [1.807, 2.05) is 31.2 Å². The summed E-state index contributed by atoms with van der Waals surface area (Å²) in [5.74, 6) is 1.63. The van der Waals surface area contributed by atoms with Crippen LogP contribution in [0.25, 0.3) is 0 Å². The van der Waals surface area contributed by atoms with Gasteiger partial charge in [0.05, 0.1) is 27.0 Å². The molecule has 0 saturated carbocycles. The van der Waals surface area contributed by atoms with E-state index in [9.17, 15) is 8.42 Å². The van der Waals surface area contributed by atoms with Crippen LogP contribution in [0, 0.1) is 6.92 Å². The van der Waals surface area contributed by atoms with Crippen molar-refractivity contribution in [1.29, 1.82) is 0 Å². The lowest BCUT2D eigenvalue weighted by Crippen LogP contribution is -2.48. The summed E-state index contributed by atoms with van der Waals surface area (Å²) < 4.78 is 44.1. The molecule has 0 N–H and O–H groups in total. The molecule has 0 atom stereocenters. The van der Waals surface area contributed by atoms with Crippen LogP contribution in [-0.4, -0.2) is 60.2 Å². The molecule has 28 heavy (non-hydrogen) atoms. The number of nitrogens with zero attached hydrogens (tertiary/aromatic N) is 2. The molecule has 0 amide bonds. The molecule has 2 aromatic carbocycles. The van der Waals surface area contributed by atoms with Crippen molar-refractivity contribution in [2.24, 2.45) is 0 Å². The summed E-state index contributed by atoms with van der Waals surface area (Å²) in [6.45, 7) is 3.75. The molecule has 1 fully saturated rings. The highest BCUT2D eigenvalue weighted by molar-refractivity contribution is 7.89. The predicted molar refractivity (Wildman–Crippen MR) is 108 cm³/mol. The van der Waals surface area contributed by atoms with Crippen LogP contribution >= 0.6 is 0 Å². The van der Waals surface area contributed by atoms with Gasteiger partial charge in [-0.1, -0.05) is 12.1 Å². The molecule has 0 spiro atoms. The molecule has 1 saturated heterocycles. The smallest absolute Gasteiger partial charge is 0.247 e. The number of benzene rings is 2. The van der Waals surface area contributed by atoms with E-state index in [1.54, 1.807) is 13.2 Å². The van der Waals surface area contributed by atoms with Crippen molar-refractivity contribution in [1.82, 2.24) is 4.31 Å². The van der Waals surface area contributed by atoms with E-state index in [0.717, 1.165) is 17.0 Å². The molecule has 2 aromatic rings. The Morgan fingerprint density at radius 3 is 2.04 bits per heavy atom. The van der Waals surface area contributed by atoms with E-state index in [0.29, 0.717) is 37.7 Å². The zero-order chi connectivity index (χ0) is 20.3. The Morgan fingerprint density at radius 1 is 0.821 bits per heavy atom. The molecular weight excluding hydrogens is 380 g/mol. The van der Waals surface area contributed by atoms with E-state index in [2.05, 4.69) is 4.90 Å². The number of hydrogen-bond acceptors (Lipinski definition) is 6. The summed E-state index contributed by atoms with van der Waals surface area (Å²) in [6.07, 6.45) is 0. The summed E-state index contributed by atoms with van der Waals surface area (Å²) in [6, 6.07) is 11.0. The zero-order valence-corrected chi connectivity index (χ0v) is 17.5. The Kier molecular flexibility index (Phi) is 6.00. The topological polar surface area (TPSA) is 68.3 Å². The molecule has 1 aliphatic heterocycles. The third-order valence-electron chi connectivity index (χ3n) is 4.96. The summed E-state index contributed by atoms with van der Waals surface area (Å²) >= 11 is 0. The van der Waals surface area contributed by atoms with Crippen LogP contribution in [0.1, 0.15) is 5.56 Å². The van der Waals surface area contributed by atoms with Gasteiger partial charge in [0.1, 0.15) is 22.1 Å². The number of methoxy groups -OCH3 is 3. The number of piperazine rings is 1. The second-order valence-electron chi connectivity index (χ2n) is 6.54. The lowest BCUT2D eigenvalue weighted by molar-refractivity contribution is 0.367. The van der Waals surface area contributed by atoms with E-state index < -0.39 is 10.0 Å². The lowest BCUT2D eigenvalue weighted by atomic mass is 10.2. The average Bonchev–Trinajstić information content (AvgIpc) is 2.73. The summed E-state index contributed by atoms with van der Waals surface area (Å²) in [4.78, 5) is 2.26. The summed E-state index contributed by atoms with van der Waals surface area (Å²) in [5, 5.41) is 0. The van der Waals surface area contributed by atoms with Crippen LogP contribution in [0.3, 0.4) is 0 Å². The molecule has 0 aromatic heterocycles. The standard InChI is InChI=1S/C20H26N2O5S/c1-15-13-19(27-4)20(14-18(15)26-3)28(23,24)22-11-9-21(10-12-22)16-7-5-6-8-17(16)25-2/h5-8,13-14H,9-12H2,1-4H3. The number of sulfonamides is 1. The minimum atomic E-state index is -3.71. The van der Waals surface area contributed by atoms with Gasteiger partial charge >= 0.3 is 0 Å². The molecule has 8 heteroatoms. The normalized spacial score (nSPS) is 15.4. The van der Waals surface area contributed by atoms with Crippen molar-refractivity contribution < 1.29 is 22.6 Å². The van der Waals surface area contributed by atoms with Gasteiger partial charge in [0.2, 0.25) is 10.0 Å². The second-order valence-corrected chi connectivity index (χ2v) is 8.44. The Balaban J connectivity index is 1.84. The molecule has 7 nitrogen and oxygen atoms in total. The van der Waals surface area contributed by atoms with Crippen molar-refractivity contribution in [2.75, 3.05) is 52.4 Å². The molecule has 0 aliphatic carbocycles. The third-order valence-corrected chi connectivity index (χ3v) is 6.88. The maximum absolute atomic E-state index is 13.3. The molecular formula is C20H26N2O5S. The van der Waals surface area contributed by atoms with Crippen molar-refractivity contribution in [3.8, 4) is 17.2 Å². The van der Waals surface area contributed by atoms with Gasteiger partial charge in [0.25, 0.3) is 0 Å². The predicted octanol–water partition coefficient (Wildman–Crippen LogP) is 2.53. The van der Waals surface area contributed by atoms with E-state index in [4.69, 9.17) is 14.2 Å². The van der Waals surface area contributed by atoms with Crippen molar-refractivity contribution in [3.05, 3.63) is 42.0 Å². The van der Waals surface area contributed by atoms with Gasteiger partial charge in [0, 0.05) is 32.2 Å². The van der Waals surface area contributed by atoms with E-state index in [1.165, 1.54) is 24.6 Å². The summed E-state index contributed by atoms with van der Waals surface area (Å²) in [7, 11) is 0.928. The first-order valence-corrected chi connectivity index (χ1v) is 10.5. The molecule has 0 bridgehead atoms. The van der Waals surface area contributed by atoms with Crippen LogP contribution in [0.15, 0.2) is 41.3 Å². The number of anilines is 1. The van der Waals surface area contributed by atoms with Crippen molar-refractivity contribution in [3.63, 3.8) is 0 Å². The fraction of sp³-hybridized carbons (Fsp3) is 0.400. The summed E-state index contributed by atoms with van der Waals surface area (Å²) in [5.41, 5.74) is 1.79. The maximum atomic E-state index is 13.3. The van der Waals surface area contributed by atoms with Gasteiger partial charge < -0.3 is 19.1 Å². The van der Waals surface area contributed by atoms with Crippen LogP contribution in [0.5, 0.6) is 17.2 Å². The molecule has 3 rings (SSSR count). The van der Waals surface area contributed by atoms with Crippen LogP contribution < -0.4 is 19.1 Å². The second kappa shape index (κ2) is 8.28. The van der Waals surface area contributed by atoms with Crippen LogP contribution in [0.4, 0.5) is 5.69 Å². The first-order chi connectivity index (χ1) is 13.4. The molecule has 0 unspecified atom stereocenters. The van der Waals surface area contributed by atoms with Crippen molar-refractivity contribution >= 4 is 15.7 Å². The van der Waals surface area contributed by atoms with Gasteiger partial charge in [-0.05, 0) is 30.7 Å². The Bertz CT molecular complexity index is 938. The highest BCUT2D eigenvalue weighted by Crippen LogP contribution is 2.34. The average molecular weight is 407 g/mol. The van der Waals surface area contributed by atoms with Gasteiger partial charge in [-0.25, -0.2) is 8.42 Å². The number of rotatable bonds is 6. The Morgan fingerprint density at radius 2 is 1.43 bits per heavy atom. The molecule has 1 heterocycles. The molecule has 1 aliphatic rings. The van der Waals surface area contributed by atoms with Crippen molar-refractivity contribution in [2.45, 2.75) is 11.8 Å². The Hall–Kier alpha value is -2.45. The zero-order valence-electron chi connectivity index (χ0n) is 16.6. The third kappa shape index (κ3) is 3.74. The highest BCUT2D eigenvalue weighted by atomic mass is 32.2. The number of ether oxygens (including phenoxy) is 3. The number of aryl methyl sites for hydroxylation is 1. The van der Waals surface area contributed by atoms with Crippen LogP contribution in [0.2, 0.25) is 0 Å². The first-order valence-electron chi connectivity index (χ1n) is 9.03. The molecule has 0 radical (unpaired) electrons. The van der Waals surface area contributed by atoms with Gasteiger partial charge in [0.15, 0.2) is 0 Å². The lowest BCUT2D eigenvalue weighted by Gasteiger charge is -2.36. The fourth-order valence-electron chi connectivity index (χ4n) is 3.42. The van der Waals surface area contributed by atoms with Gasteiger partial charge in [-0.15, -0.1) is 0 Å². The SMILES string of the molecule is COc1cc(S(=O)(=O)N2CCN(c3ccccc3OC)CC2)c(OC)cc1C. The highest BCUT2D eigenvalue weighted by Gasteiger charge is 2.32. The molecule has 152 valence electrons. The largest absolute Gasteiger partial charge is 0.496 e. The fourth-order valence-corrected chi connectivity index (χ4v) is 5.00. The minimum absolute atomic E-state index is 0.128. The number of para-hydroxylation sites is 2. The van der Waals surface area contributed by atoms with Gasteiger partial charge in [-0.2, -0.15) is 4.31 Å². The number of hydrogen-bond donors (Lipinski definition) is 0. The van der Waals surface area contributed by atoms with Crippen LogP contribution in [-0.2, 0) is 10.0 Å². The maximum Gasteiger partial charge on any atom is 0.247 e.